The fraction of sp³-hybridized carbons (Fsp3) is 0.0909. The quantitative estimate of drug-likeness (QED) is 0.512. The second kappa shape index (κ2) is 8.13. The molecule has 7 heteroatoms. The van der Waals surface area contributed by atoms with Crippen LogP contribution in [0.2, 0.25) is 5.02 Å². The SMILES string of the molecule is N#Cc1ccc(Cc2nccn2Cc2ccc(-n3cc(Cl)ccc3=O)nc2)cc1. The number of rotatable bonds is 5. The molecule has 0 saturated heterocycles. The second-order valence-electron chi connectivity index (χ2n) is 6.54. The van der Waals surface area contributed by atoms with E-state index in [1.165, 1.54) is 10.6 Å². The summed E-state index contributed by atoms with van der Waals surface area (Å²) in [7, 11) is 0. The molecule has 0 unspecified atom stereocenters. The van der Waals surface area contributed by atoms with Gasteiger partial charge in [0.15, 0.2) is 0 Å². The van der Waals surface area contributed by atoms with Gasteiger partial charge in [-0.1, -0.05) is 29.8 Å². The lowest BCUT2D eigenvalue weighted by Gasteiger charge is -2.10. The maximum Gasteiger partial charge on any atom is 0.256 e. The Kier molecular flexibility index (Phi) is 5.23. The minimum Gasteiger partial charge on any atom is -0.330 e. The van der Waals surface area contributed by atoms with Crippen molar-refractivity contribution in [3.63, 3.8) is 0 Å². The van der Waals surface area contributed by atoms with Gasteiger partial charge >= 0.3 is 0 Å². The van der Waals surface area contributed by atoms with Gasteiger partial charge in [-0.05, 0) is 35.4 Å². The van der Waals surface area contributed by atoms with Crippen molar-refractivity contribution in [3.05, 3.63) is 111 Å². The molecule has 0 spiro atoms. The lowest BCUT2D eigenvalue weighted by molar-refractivity contribution is 0.737. The zero-order valence-electron chi connectivity index (χ0n) is 15.4. The molecule has 4 rings (SSSR count). The van der Waals surface area contributed by atoms with Gasteiger partial charge in [0.2, 0.25) is 0 Å². The van der Waals surface area contributed by atoms with Crippen LogP contribution < -0.4 is 5.56 Å². The highest BCUT2D eigenvalue weighted by atomic mass is 35.5. The van der Waals surface area contributed by atoms with Gasteiger partial charge in [0.25, 0.3) is 5.56 Å². The summed E-state index contributed by atoms with van der Waals surface area (Å²) in [6.45, 7) is 0.614. The van der Waals surface area contributed by atoms with E-state index in [1.807, 2.05) is 36.5 Å². The molecule has 0 bridgehead atoms. The van der Waals surface area contributed by atoms with E-state index in [-0.39, 0.29) is 5.56 Å². The molecule has 4 aromatic rings. The van der Waals surface area contributed by atoms with Crippen LogP contribution in [-0.2, 0) is 13.0 Å². The van der Waals surface area contributed by atoms with Crippen molar-refractivity contribution in [2.24, 2.45) is 0 Å². The van der Waals surface area contributed by atoms with E-state index in [1.54, 1.807) is 30.7 Å². The molecular formula is C22H16ClN5O. The fourth-order valence-corrected chi connectivity index (χ4v) is 3.18. The summed E-state index contributed by atoms with van der Waals surface area (Å²) in [5, 5.41) is 9.39. The van der Waals surface area contributed by atoms with Crippen LogP contribution in [0.5, 0.6) is 0 Å². The van der Waals surface area contributed by atoms with Crippen LogP contribution in [0.3, 0.4) is 0 Å². The Labute approximate surface area is 172 Å². The molecule has 3 aromatic heterocycles. The standard InChI is InChI=1S/C22H16ClN5O/c23-19-6-8-22(29)28(15-19)20-7-5-18(13-26-20)14-27-10-9-25-21(27)11-16-1-3-17(12-24)4-2-16/h1-10,13,15H,11,14H2. The third kappa shape index (κ3) is 4.26. The van der Waals surface area contributed by atoms with Crippen molar-refractivity contribution in [2.75, 3.05) is 0 Å². The number of aromatic nitrogens is 4. The van der Waals surface area contributed by atoms with Crippen LogP contribution in [0.1, 0.15) is 22.5 Å². The molecule has 0 amide bonds. The molecule has 0 aliphatic heterocycles. The molecule has 0 aliphatic carbocycles. The molecule has 0 N–H and O–H groups in total. The summed E-state index contributed by atoms with van der Waals surface area (Å²) in [6, 6.07) is 16.3. The maximum atomic E-state index is 12.0. The van der Waals surface area contributed by atoms with Gasteiger partial charge in [0, 0.05) is 37.3 Å². The summed E-state index contributed by atoms with van der Waals surface area (Å²) in [5.74, 6) is 1.44. The number of benzene rings is 1. The largest absolute Gasteiger partial charge is 0.330 e. The average molecular weight is 402 g/mol. The van der Waals surface area contributed by atoms with Gasteiger partial charge in [-0.25, -0.2) is 9.97 Å². The summed E-state index contributed by atoms with van der Waals surface area (Å²) in [6.07, 6.45) is 7.66. The van der Waals surface area contributed by atoms with E-state index >= 15 is 0 Å². The van der Waals surface area contributed by atoms with Gasteiger partial charge < -0.3 is 4.57 Å². The zero-order valence-corrected chi connectivity index (χ0v) is 16.1. The molecule has 0 radical (unpaired) electrons. The number of halogens is 1. The van der Waals surface area contributed by atoms with Crippen molar-refractivity contribution in [2.45, 2.75) is 13.0 Å². The lowest BCUT2D eigenvalue weighted by Crippen LogP contribution is -2.17. The van der Waals surface area contributed by atoms with Crippen LogP contribution in [0.15, 0.2) is 78.1 Å². The van der Waals surface area contributed by atoms with Crippen molar-refractivity contribution in [1.29, 1.82) is 5.26 Å². The minimum absolute atomic E-state index is 0.186. The van der Waals surface area contributed by atoms with Crippen molar-refractivity contribution < 1.29 is 0 Å². The smallest absolute Gasteiger partial charge is 0.256 e. The Morgan fingerprint density at radius 1 is 1.00 bits per heavy atom. The Morgan fingerprint density at radius 3 is 2.52 bits per heavy atom. The van der Waals surface area contributed by atoms with E-state index in [0.717, 1.165) is 17.0 Å². The van der Waals surface area contributed by atoms with Gasteiger partial charge in [0.05, 0.1) is 23.2 Å². The van der Waals surface area contributed by atoms with Crippen molar-refractivity contribution in [1.82, 2.24) is 19.1 Å². The van der Waals surface area contributed by atoms with Crippen molar-refractivity contribution >= 4 is 11.6 Å². The van der Waals surface area contributed by atoms with E-state index < -0.39 is 0 Å². The van der Waals surface area contributed by atoms with Gasteiger partial charge in [-0.15, -0.1) is 0 Å². The monoisotopic (exact) mass is 401 g/mol. The summed E-state index contributed by atoms with van der Waals surface area (Å²) in [4.78, 5) is 20.9. The van der Waals surface area contributed by atoms with Crippen LogP contribution in [-0.4, -0.2) is 19.1 Å². The first-order valence-electron chi connectivity index (χ1n) is 8.95. The maximum absolute atomic E-state index is 12.0. The highest BCUT2D eigenvalue weighted by Crippen LogP contribution is 2.13. The number of hydrogen-bond donors (Lipinski definition) is 0. The molecule has 0 fully saturated rings. The average Bonchev–Trinajstić information content (AvgIpc) is 3.17. The molecule has 3 heterocycles. The van der Waals surface area contributed by atoms with Crippen LogP contribution >= 0.6 is 11.6 Å². The predicted octanol–water partition coefficient (Wildman–Crippen LogP) is 3.59. The number of nitriles is 1. The predicted molar refractivity (Wildman–Crippen MR) is 110 cm³/mol. The Balaban J connectivity index is 1.51. The first kappa shape index (κ1) is 18.7. The van der Waals surface area contributed by atoms with Crippen LogP contribution in [0.4, 0.5) is 0 Å². The van der Waals surface area contributed by atoms with E-state index in [9.17, 15) is 4.79 Å². The van der Waals surface area contributed by atoms with Crippen LogP contribution in [0.25, 0.3) is 5.82 Å². The first-order chi connectivity index (χ1) is 14.1. The van der Waals surface area contributed by atoms with E-state index in [2.05, 4.69) is 20.6 Å². The zero-order chi connectivity index (χ0) is 20.2. The first-order valence-corrected chi connectivity index (χ1v) is 9.33. The topological polar surface area (TPSA) is 76.5 Å². The highest BCUT2D eigenvalue weighted by Gasteiger charge is 2.07. The van der Waals surface area contributed by atoms with E-state index in [0.29, 0.717) is 29.4 Å². The Morgan fingerprint density at radius 2 is 1.79 bits per heavy atom. The molecule has 0 atom stereocenters. The summed E-state index contributed by atoms with van der Waals surface area (Å²) >= 11 is 5.98. The van der Waals surface area contributed by atoms with E-state index in [4.69, 9.17) is 16.9 Å². The number of nitrogens with zero attached hydrogens (tertiary/aromatic N) is 5. The number of pyridine rings is 2. The normalized spacial score (nSPS) is 10.6. The molecule has 0 saturated carbocycles. The molecule has 6 nitrogen and oxygen atoms in total. The molecule has 1 aromatic carbocycles. The third-order valence-electron chi connectivity index (χ3n) is 4.53. The number of imidazole rings is 1. The van der Waals surface area contributed by atoms with Gasteiger partial charge in [-0.3, -0.25) is 9.36 Å². The lowest BCUT2D eigenvalue weighted by atomic mass is 10.1. The number of hydrogen-bond acceptors (Lipinski definition) is 4. The Hall–Kier alpha value is -3.69. The Bertz CT molecular complexity index is 1230. The molecule has 0 aliphatic rings. The summed E-state index contributed by atoms with van der Waals surface area (Å²) < 4.78 is 3.47. The highest BCUT2D eigenvalue weighted by molar-refractivity contribution is 6.30. The fourth-order valence-electron chi connectivity index (χ4n) is 3.02. The summed E-state index contributed by atoms with van der Waals surface area (Å²) in [5.41, 5.74) is 2.53. The minimum atomic E-state index is -0.186. The van der Waals surface area contributed by atoms with Gasteiger partial charge in [-0.2, -0.15) is 5.26 Å². The van der Waals surface area contributed by atoms with Gasteiger partial charge in [0.1, 0.15) is 11.6 Å². The molecular weight excluding hydrogens is 386 g/mol. The molecule has 142 valence electrons. The van der Waals surface area contributed by atoms with Crippen molar-refractivity contribution in [3.8, 4) is 11.9 Å². The van der Waals surface area contributed by atoms with Crippen LogP contribution in [0, 0.1) is 11.3 Å². The third-order valence-corrected chi connectivity index (χ3v) is 4.75. The molecule has 29 heavy (non-hydrogen) atoms. The second-order valence-corrected chi connectivity index (χ2v) is 6.97.